The largest absolute Gasteiger partial charge is 0.288 e. The molecule has 0 radical (unpaired) electrons. The van der Waals surface area contributed by atoms with Crippen molar-refractivity contribution in [3.8, 4) is 11.1 Å². The molecule has 0 unspecified atom stereocenters. The van der Waals surface area contributed by atoms with E-state index in [1.165, 1.54) is 18.2 Å². The number of nitrogens with zero attached hydrogens (tertiary/aromatic N) is 1. The standard InChI is InChI=1S/C29H21NO4S/c1-20-11-17-24(18-12-20)35(33,34)30-19-26(29(32)25-9-5-6-10-27(25)30)28(31)23-15-13-22(14-16-23)21-7-3-2-4-8-21/h2-19H,1H3. The van der Waals surface area contributed by atoms with E-state index in [1.54, 1.807) is 42.5 Å². The molecule has 35 heavy (non-hydrogen) atoms. The third kappa shape index (κ3) is 4.09. The van der Waals surface area contributed by atoms with Gasteiger partial charge in [0.25, 0.3) is 10.0 Å². The van der Waals surface area contributed by atoms with Crippen molar-refractivity contribution >= 4 is 26.7 Å². The summed E-state index contributed by atoms with van der Waals surface area (Å²) in [5, 5.41) is 0.162. The first-order valence-electron chi connectivity index (χ1n) is 11.0. The van der Waals surface area contributed by atoms with Gasteiger partial charge in [-0.1, -0.05) is 84.4 Å². The van der Waals surface area contributed by atoms with Crippen molar-refractivity contribution in [2.45, 2.75) is 11.8 Å². The first kappa shape index (κ1) is 22.5. The highest BCUT2D eigenvalue weighted by molar-refractivity contribution is 7.90. The molecule has 0 spiro atoms. The molecule has 5 aromatic rings. The number of benzene rings is 4. The fourth-order valence-electron chi connectivity index (χ4n) is 4.03. The van der Waals surface area contributed by atoms with Gasteiger partial charge in [-0.15, -0.1) is 0 Å². The van der Waals surface area contributed by atoms with Crippen molar-refractivity contribution in [2.24, 2.45) is 0 Å². The van der Waals surface area contributed by atoms with Crippen molar-refractivity contribution < 1.29 is 13.2 Å². The van der Waals surface area contributed by atoms with Crippen molar-refractivity contribution in [1.82, 2.24) is 3.97 Å². The molecule has 0 saturated heterocycles. The Morgan fingerprint density at radius 3 is 2.00 bits per heavy atom. The van der Waals surface area contributed by atoms with E-state index in [1.807, 2.05) is 49.4 Å². The normalized spacial score (nSPS) is 11.5. The number of rotatable bonds is 5. The number of carbonyl (C=O) groups is 1. The van der Waals surface area contributed by atoms with Crippen molar-refractivity contribution in [2.75, 3.05) is 0 Å². The summed E-state index contributed by atoms with van der Waals surface area (Å²) in [5.41, 5.74) is 2.66. The molecule has 5 rings (SSSR count). The third-order valence-electron chi connectivity index (χ3n) is 5.95. The van der Waals surface area contributed by atoms with Crippen LogP contribution in [0, 0.1) is 6.92 Å². The van der Waals surface area contributed by atoms with Gasteiger partial charge in [-0.2, -0.15) is 0 Å². The molecule has 5 nitrogen and oxygen atoms in total. The Balaban J connectivity index is 1.65. The van der Waals surface area contributed by atoms with Crippen molar-refractivity contribution in [1.29, 1.82) is 0 Å². The number of para-hydroxylation sites is 1. The molecule has 0 atom stereocenters. The van der Waals surface area contributed by atoms with Crippen LogP contribution < -0.4 is 5.43 Å². The molecule has 0 amide bonds. The predicted molar refractivity (Wildman–Crippen MR) is 137 cm³/mol. The summed E-state index contributed by atoms with van der Waals surface area (Å²) in [6, 6.07) is 29.5. The van der Waals surface area contributed by atoms with E-state index in [-0.39, 0.29) is 21.4 Å². The highest BCUT2D eigenvalue weighted by Crippen LogP contribution is 2.23. The Hall–Kier alpha value is -4.29. The summed E-state index contributed by atoms with van der Waals surface area (Å²) in [6.07, 6.45) is 1.15. The molecule has 6 heteroatoms. The van der Waals surface area contributed by atoms with Crippen molar-refractivity contribution in [3.05, 3.63) is 136 Å². The minimum atomic E-state index is -4.05. The van der Waals surface area contributed by atoms with Crippen LogP contribution in [-0.2, 0) is 10.0 Å². The van der Waals surface area contributed by atoms with E-state index < -0.39 is 21.2 Å². The van der Waals surface area contributed by atoms with Gasteiger partial charge in [0.2, 0.25) is 5.43 Å². The van der Waals surface area contributed by atoms with Gasteiger partial charge in [0.15, 0.2) is 5.78 Å². The lowest BCUT2D eigenvalue weighted by molar-refractivity contribution is 0.103. The molecule has 1 heterocycles. The van der Waals surface area contributed by atoms with E-state index in [4.69, 9.17) is 0 Å². The van der Waals surface area contributed by atoms with Gasteiger partial charge in [0, 0.05) is 17.1 Å². The van der Waals surface area contributed by atoms with Crippen LogP contribution in [0.25, 0.3) is 22.0 Å². The van der Waals surface area contributed by atoms with Crippen LogP contribution in [-0.4, -0.2) is 18.2 Å². The zero-order chi connectivity index (χ0) is 24.6. The molecule has 0 aliphatic heterocycles. The molecule has 0 fully saturated rings. The summed E-state index contributed by atoms with van der Waals surface area (Å²) in [7, 11) is -4.05. The molecule has 4 aromatic carbocycles. The maximum atomic E-state index is 13.5. The van der Waals surface area contributed by atoms with Crippen LogP contribution in [0.2, 0.25) is 0 Å². The van der Waals surface area contributed by atoms with Gasteiger partial charge < -0.3 is 0 Å². The second-order valence-corrected chi connectivity index (χ2v) is 10.1. The average molecular weight is 480 g/mol. The fraction of sp³-hybridized carbons (Fsp3) is 0.0345. The number of aryl methyl sites for hydroxylation is 1. The van der Waals surface area contributed by atoms with Crippen LogP contribution in [0.1, 0.15) is 21.5 Å². The van der Waals surface area contributed by atoms with Crippen LogP contribution in [0.5, 0.6) is 0 Å². The minimum Gasteiger partial charge on any atom is -0.288 e. The molecule has 0 saturated carbocycles. The van der Waals surface area contributed by atoms with Gasteiger partial charge >= 0.3 is 0 Å². The number of hydrogen-bond donors (Lipinski definition) is 0. The topological polar surface area (TPSA) is 73.2 Å². The lowest BCUT2D eigenvalue weighted by atomic mass is 9.99. The number of fused-ring (bicyclic) bond motifs is 1. The van der Waals surface area contributed by atoms with Gasteiger partial charge in [-0.3, -0.25) is 9.59 Å². The Bertz CT molecular complexity index is 1720. The lowest BCUT2D eigenvalue weighted by Gasteiger charge is -2.14. The summed E-state index contributed by atoms with van der Waals surface area (Å²) in [4.78, 5) is 26.7. The lowest BCUT2D eigenvalue weighted by Crippen LogP contribution is -2.23. The Kier molecular flexibility index (Phi) is 5.67. The second-order valence-electron chi connectivity index (χ2n) is 8.28. The molecular weight excluding hydrogens is 458 g/mol. The Morgan fingerprint density at radius 2 is 1.31 bits per heavy atom. The molecule has 0 bridgehead atoms. The van der Waals surface area contributed by atoms with Crippen LogP contribution in [0.4, 0.5) is 0 Å². The van der Waals surface area contributed by atoms with Crippen LogP contribution in [0.3, 0.4) is 0 Å². The zero-order valence-electron chi connectivity index (χ0n) is 18.9. The zero-order valence-corrected chi connectivity index (χ0v) is 19.7. The Labute approximate surface area is 203 Å². The van der Waals surface area contributed by atoms with Crippen LogP contribution in [0.15, 0.2) is 119 Å². The monoisotopic (exact) mass is 479 g/mol. The average Bonchev–Trinajstić information content (AvgIpc) is 2.89. The number of carbonyl (C=O) groups excluding carboxylic acids is 1. The number of hydrogen-bond acceptors (Lipinski definition) is 4. The molecule has 172 valence electrons. The van der Waals surface area contributed by atoms with E-state index >= 15 is 0 Å². The number of ketones is 1. The first-order valence-corrected chi connectivity index (χ1v) is 12.5. The third-order valence-corrected chi connectivity index (χ3v) is 7.64. The highest BCUT2D eigenvalue weighted by atomic mass is 32.2. The summed E-state index contributed by atoms with van der Waals surface area (Å²) in [5.74, 6) is -0.534. The van der Waals surface area contributed by atoms with E-state index in [9.17, 15) is 18.0 Å². The molecule has 0 aliphatic rings. The molecule has 1 aromatic heterocycles. The van der Waals surface area contributed by atoms with Crippen LogP contribution >= 0.6 is 0 Å². The molecule has 0 aliphatic carbocycles. The molecular formula is C29H21NO4S. The SMILES string of the molecule is Cc1ccc(S(=O)(=O)n2cc(C(=O)c3ccc(-c4ccccc4)cc3)c(=O)c3ccccc32)cc1. The number of pyridine rings is 1. The quantitative estimate of drug-likeness (QED) is 0.315. The van der Waals surface area contributed by atoms with E-state index in [2.05, 4.69) is 0 Å². The first-order chi connectivity index (χ1) is 16.9. The number of aromatic nitrogens is 1. The minimum absolute atomic E-state index is 0.0718. The summed E-state index contributed by atoms with van der Waals surface area (Å²) < 4.78 is 28.1. The second kappa shape index (κ2) is 8.81. The predicted octanol–water partition coefficient (Wildman–Crippen LogP) is 5.44. The van der Waals surface area contributed by atoms with Gasteiger partial charge in [-0.05, 0) is 42.3 Å². The fourth-order valence-corrected chi connectivity index (χ4v) is 5.40. The molecule has 0 N–H and O–H groups in total. The van der Waals surface area contributed by atoms with Gasteiger partial charge in [0.05, 0.1) is 16.0 Å². The van der Waals surface area contributed by atoms with Gasteiger partial charge in [0.1, 0.15) is 0 Å². The smallest absolute Gasteiger partial charge is 0.268 e. The van der Waals surface area contributed by atoms with E-state index in [0.717, 1.165) is 26.9 Å². The van der Waals surface area contributed by atoms with Gasteiger partial charge in [-0.25, -0.2) is 12.4 Å². The van der Waals surface area contributed by atoms with E-state index in [0.29, 0.717) is 5.56 Å². The van der Waals surface area contributed by atoms with Crippen molar-refractivity contribution in [3.63, 3.8) is 0 Å². The Morgan fingerprint density at radius 1 is 0.714 bits per heavy atom. The maximum absolute atomic E-state index is 13.5. The highest BCUT2D eigenvalue weighted by Gasteiger charge is 2.23. The maximum Gasteiger partial charge on any atom is 0.268 e. The summed E-state index contributed by atoms with van der Waals surface area (Å²) >= 11 is 0. The summed E-state index contributed by atoms with van der Waals surface area (Å²) in [6.45, 7) is 1.87.